The summed E-state index contributed by atoms with van der Waals surface area (Å²) in [6, 6.07) is 42.8. The number of rotatable bonds is 12. The molecule has 0 bridgehead atoms. The van der Waals surface area contributed by atoms with E-state index in [1.54, 1.807) is 23.5 Å². The summed E-state index contributed by atoms with van der Waals surface area (Å²) in [4.78, 5) is 5.79. The molecule has 10 aromatic rings. The van der Waals surface area contributed by atoms with Crippen molar-refractivity contribution >= 4 is 53.1 Å². The van der Waals surface area contributed by atoms with Crippen molar-refractivity contribution in [1.29, 1.82) is 0 Å². The Morgan fingerprint density at radius 1 is 0.433 bits per heavy atom. The van der Waals surface area contributed by atoms with Crippen molar-refractivity contribution in [3.05, 3.63) is 205 Å². The molecule has 0 aliphatic carbocycles. The van der Waals surface area contributed by atoms with Crippen LogP contribution in [0.15, 0.2) is 181 Å². The van der Waals surface area contributed by atoms with Crippen LogP contribution >= 0.6 is 11.3 Å². The van der Waals surface area contributed by atoms with E-state index in [4.69, 9.17) is 10.8 Å². The Labute approximate surface area is 840 Å². The monoisotopic (exact) mass is 1900 g/mol. The maximum absolute atomic E-state index is 10.7. The third kappa shape index (κ3) is 75.8. The number of imidazole rings is 1. The number of sulfone groups is 1. The molecule has 5 aromatic carbocycles. The molecule has 0 atom stereocenters. The highest BCUT2D eigenvalue weighted by Gasteiger charge is 2.22. The summed E-state index contributed by atoms with van der Waals surface area (Å²) in [5, 5.41) is 14.4. The average Bonchev–Trinajstić information content (AvgIpc) is 1.64. The van der Waals surface area contributed by atoms with Crippen LogP contribution in [0.5, 0.6) is 0 Å². The van der Waals surface area contributed by atoms with E-state index in [-0.39, 0.29) is 32.5 Å². The predicted molar refractivity (Wildman–Crippen MR) is 621 cm³/mol. The molecule has 0 aliphatic rings. The predicted octanol–water partition coefficient (Wildman–Crippen LogP) is 41.4. The SMILES string of the molecule is C#CCCC(C)(C)C.C=CCCC(C)(C)C.CC.CC.CC.CC.CC.CC.CC.CC.CC.CC.CC(C)(C)CCCS(C)(=O)=O.CC(C)(C)c1cccc(-n2nccn2)c1.CC(C)(C)c1cccc2occc12.CC(C)(C)c1cccc2sccc12.CCCCC(C)(C)C.CCCCC(C)(C)C.Cn1ccc2c(C(C)(C)C)cccc21.Cn1cncc1-c1cccc(C(C)(C)C)c1. The first-order chi connectivity index (χ1) is 62.2. The molecular formula is C123H222N6O3S2. The molecule has 9 nitrogen and oxygen atoms in total. The highest BCUT2D eigenvalue weighted by atomic mass is 32.2. The molecule has 0 fully saturated rings. The van der Waals surface area contributed by atoms with E-state index >= 15 is 0 Å². The molecule has 0 saturated heterocycles. The van der Waals surface area contributed by atoms with Crippen LogP contribution in [0, 0.1) is 39.4 Å². The Kier molecular flexibility index (Phi) is 87.4. The Hall–Kier alpha value is -7.26. The maximum atomic E-state index is 10.7. The summed E-state index contributed by atoms with van der Waals surface area (Å²) in [6.45, 7) is 115. The topological polar surface area (TPSA) is 101 Å². The summed E-state index contributed by atoms with van der Waals surface area (Å²) >= 11 is 1.82. The Balaban J connectivity index is -0.000000157. The lowest BCUT2D eigenvalue weighted by atomic mass is 9.85. The first-order valence-electron chi connectivity index (χ1n) is 51.9. The fraction of sp³-hybridized carbons (Fsp3) is 0.634. The molecular weight excluding hydrogens is 1670 g/mol. The number of fused-ring (bicyclic) bond motifs is 3. The van der Waals surface area contributed by atoms with Crippen LogP contribution in [0.3, 0.4) is 0 Å². The van der Waals surface area contributed by atoms with Crippen LogP contribution in [0.25, 0.3) is 48.9 Å². The van der Waals surface area contributed by atoms with Crippen LogP contribution in [0.1, 0.15) is 465 Å². The normalized spacial score (nSPS) is 10.7. The average molecular weight is 1900 g/mol. The molecule has 134 heavy (non-hydrogen) atoms. The summed E-state index contributed by atoms with van der Waals surface area (Å²) < 4.78 is 32.4. The zero-order chi connectivity index (χ0) is 108. The van der Waals surface area contributed by atoms with E-state index in [2.05, 4.69) is 363 Å². The second-order valence-electron chi connectivity index (χ2n) is 41.8. The third-order valence-corrected chi connectivity index (χ3v) is 20.6. The lowest BCUT2D eigenvalue weighted by molar-refractivity contribution is 0.363. The van der Waals surface area contributed by atoms with Gasteiger partial charge in [0.25, 0.3) is 0 Å². The van der Waals surface area contributed by atoms with Gasteiger partial charge in [0.1, 0.15) is 15.4 Å². The van der Waals surface area contributed by atoms with Crippen molar-refractivity contribution < 1.29 is 12.8 Å². The van der Waals surface area contributed by atoms with E-state index in [1.165, 1.54) is 111 Å². The van der Waals surface area contributed by atoms with Gasteiger partial charge in [-0.05, 0) is 192 Å². The van der Waals surface area contributed by atoms with Gasteiger partial charge in [0, 0.05) is 65.3 Å². The van der Waals surface area contributed by atoms with Crippen LogP contribution in [-0.2, 0) is 51.0 Å². The minimum absolute atomic E-state index is 0.156. The zero-order valence-corrected chi connectivity index (χ0v) is 101. The maximum Gasteiger partial charge on any atom is 0.147 e. The van der Waals surface area contributed by atoms with Gasteiger partial charge < -0.3 is 13.6 Å². The highest BCUT2D eigenvalue weighted by Crippen LogP contribution is 2.35. The molecule has 0 unspecified atom stereocenters. The van der Waals surface area contributed by atoms with Gasteiger partial charge in [-0.15, -0.1) is 30.3 Å². The molecule has 11 heteroatoms. The van der Waals surface area contributed by atoms with E-state index < -0.39 is 9.84 Å². The molecule has 774 valence electrons. The van der Waals surface area contributed by atoms with Crippen molar-refractivity contribution in [2.45, 2.75) is 464 Å². The van der Waals surface area contributed by atoms with Gasteiger partial charge >= 0.3 is 0 Å². The second-order valence-corrected chi connectivity index (χ2v) is 45.0. The lowest BCUT2D eigenvalue weighted by Gasteiger charge is -2.20. The number of benzene rings is 5. The van der Waals surface area contributed by atoms with Gasteiger partial charge in [-0.25, -0.2) is 13.4 Å². The lowest BCUT2D eigenvalue weighted by Crippen LogP contribution is -2.11. The van der Waals surface area contributed by atoms with E-state index in [0.717, 1.165) is 49.1 Å². The summed E-state index contributed by atoms with van der Waals surface area (Å²) in [5.74, 6) is 2.95. The highest BCUT2D eigenvalue weighted by molar-refractivity contribution is 7.90. The van der Waals surface area contributed by atoms with Crippen molar-refractivity contribution in [3.8, 4) is 29.3 Å². The summed E-state index contributed by atoms with van der Waals surface area (Å²) in [5.41, 5.74) is 15.8. The van der Waals surface area contributed by atoms with Crippen LogP contribution in [-0.4, -0.2) is 49.5 Å². The van der Waals surface area contributed by atoms with Gasteiger partial charge in [0.2, 0.25) is 0 Å². The van der Waals surface area contributed by atoms with Gasteiger partial charge in [0.15, 0.2) is 0 Å². The Morgan fingerprint density at radius 2 is 0.821 bits per heavy atom. The van der Waals surface area contributed by atoms with E-state index in [9.17, 15) is 8.42 Å². The number of hydrogen-bond acceptors (Lipinski definition) is 7. The van der Waals surface area contributed by atoms with E-state index in [1.807, 2.05) is 210 Å². The first kappa shape index (κ1) is 147. The quantitative estimate of drug-likeness (QED) is 0.0892. The number of unbranched alkanes of at least 4 members (excludes halogenated alkanes) is 2. The number of aromatic nitrogens is 6. The number of nitrogens with zero attached hydrogens (tertiary/aromatic N) is 6. The van der Waals surface area contributed by atoms with Gasteiger partial charge in [0.05, 0.1) is 42.6 Å². The smallest absolute Gasteiger partial charge is 0.147 e. The molecule has 5 heterocycles. The largest absolute Gasteiger partial charge is 0.464 e. The van der Waals surface area contributed by atoms with Gasteiger partial charge in [-0.1, -0.05) is 459 Å². The molecule has 0 saturated carbocycles. The summed E-state index contributed by atoms with van der Waals surface area (Å²) in [6.07, 6.45) is 33.7. The number of furan rings is 1. The van der Waals surface area contributed by atoms with E-state index in [0.29, 0.717) is 27.4 Å². The second kappa shape index (κ2) is 79.6. The number of terminal acetylenes is 1. The molecule has 0 amide bonds. The number of allylic oxidation sites excluding steroid dienone is 1. The molecule has 5 aromatic heterocycles. The minimum atomic E-state index is -2.75. The van der Waals surface area contributed by atoms with Crippen LogP contribution < -0.4 is 0 Å². The standard InChI is InChI=1S/C14H18N2.C13H17N.C12H15N3.C12H14O.C12H14S.C8H18O2S.2C8H18.C8H16.C8H14.10C2H6/c1-14(2,3)12-7-5-6-11(8-12)13-9-15-10-16(13)4;1-13(2,3)11-6-5-7-12-10(11)8-9-14(12)4;1-12(2,3)10-5-4-6-11(9-10)15-13-7-8-14-15;2*1-12(2,3)10-5-4-6-11-9(10)7-8-13-11;1-8(2,3)6-5-7-11(4,9)10;4*1-5-6-7-8(2,3)4;10*1-2/h5-10H,1-4H3;5-9H,1-4H3;4-9H,1-3H3;2*4-8H,1-3H3;5-7H2,1-4H3;2*5-7H2,1-4H3;5H,1,6-7H2,2-4H3;1H,6-7H2,2-4H3;10*1-2H3. The molecule has 0 radical (unpaired) electrons. The fourth-order valence-electron chi connectivity index (χ4n) is 11.7. The molecule has 0 aliphatic heterocycles. The fourth-order valence-corrected chi connectivity index (χ4v) is 13.2. The van der Waals surface area contributed by atoms with Gasteiger partial charge in [-0.3, -0.25) is 0 Å². The minimum Gasteiger partial charge on any atom is -0.464 e. The summed E-state index contributed by atoms with van der Waals surface area (Å²) in [7, 11) is 1.37. The molecule has 10 rings (SSSR count). The molecule has 0 spiro atoms. The van der Waals surface area contributed by atoms with Crippen LogP contribution in [0.2, 0.25) is 0 Å². The number of hydrogen-bond donors (Lipinski definition) is 0. The first-order valence-corrected chi connectivity index (χ1v) is 54.9. The number of aryl methyl sites for hydroxylation is 2. The van der Waals surface area contributed by atoms with Crippen molar-refractivity contribution in [3.63, 3.8) is 0 Å². The van der Waals surface area contributed by atoms with Crippen molar-refractivity contribution in [1.82, 2.24) is 29.1 Å². The van der Waals surface area contributed by atoms with Gasteiger partial charge in [-0.2, -0.15) is 15.0 Å². The third-order valence-electron chi connectivity index (χ3n) is 18.7. The zero-order valence-electron chi connectivity index (χ0n) is 98.9. The van der Waals surface area contributed by atoms with Crippen molar-refractivity contribution in [2.75, 3.05) is 12.0 Å². The molecule has 0 N–H and O–H groups in total. The Bertz CT molecular complexity index is 4350. The van der Waals surface area contributed by atoms with Crippen LogP contribution in [0.4, 0.5) is 0 Å². The Morgan fingerprint density at radius 3 is 1.18 bits per heavy atom. The van der Waals surface area contributed by atoms with Crippen molar-refractivity contribution in [2.24, 2.45) is 41.2 Å². The number of thiophene rings is 1.